The van der Waals surface area contributed by atoms with Crippen LogP contribution in [0, 0.1) is 11.6 Å². The number of fused-ring (bicyclic) bond motifs is 1. The molecule has 29 heavy (non-hydrogen) atoms. The molecule has 3 N–H and O–H groups in total. The lowest BCUT2D eigenvalue weighted by molar-refractivity contribution is 0.580. The van der Waals surface area contributed by atoms with Gasteiger partial charge in [-0.3, -0.25) is 4.99 Å². The first-order valence-corrected chi connectivity index (χ1v) is 9.36. The smallest absolute Gasteiger partial charge is 0.191 e. The molecule has 1 aromatic heterocycles. The minimum Gasteiger partial charge on any atom is -0.367 e. The van der Waals surface area contributed by atoms with Gasteiger partial charge in [-0.05, 0) is 36.1 Å². The second-order valence-corrected chi connectivity index (χ2v) is 6.98. The van der Waals surface area contributed by atoms with E-state index in [0.29, 0.717) is 31.3 Å². The highest BCUT2D eigenvalue weighted by Gasteiger charge is 2.25. The van der Waals surface area contributed by atoms with E-state index < -0.39 is 11.6 Å². The molecule has 154 valence electrons. The number of hydrogen-bond donors (Lipinski definition) is 3. The molecule has 0 aliphatic carbocycles. The number of benzene rings is 2. The minimum atomic E-state index is -0.559. The number of H-pyrrole nitrogens is 1. The van der Waals surface area contributed by atoms with Crippen LogP contribution in [-0.4, -0.2) is 37.1 Å². The fraction of sp³-hybridized carbons (Fsp3) is 0.286. The highest BCUT2D eigenvalue weighted by Crippen LogP contribution is 2.24. The van der Waals surface area contributed by atoms with E-state index in [-0.39, 0.29) is 30.0 Å². The molecule has 1 saturated heterocycles. The van der Waals surface area contributed by atoms with Crippen LogP contribution in [0.4, 0.5) is 14.5 Å². The van der Waals surface area contributed by atoms with E-state index in [1.807, 2.05) is 23.1 Å². The van der Waals surface area contributed by atoms with Crippen molar-refractivity contribution in [1.82, 2.24) is 15.6 Å². The van der Waals surface area contributed by atoms with Crippen molar-refractivity contribution >= 4 is 46.5 Å². The predicted octanol–water partition coefficient (Wildman–Crippen LogP) is 4.01. The Morgan fingerprint density at radius 2 is 2.03 bits per heavy atom. The molecule has 0 radical (unpaired) electrons. The number of aromatic nitrogens is 1. The largest absolute Gasteiger partial charge is 0.367 e. The van der Waals surface area contributed by atoms with Crippen LogP contribution in [0.5, 0.6) is 0 Å². The van der Waals surface area contributed by atoms with Crippen molar-refractivity contribution in [3.63, 3.8) is 0 Å². The Bertz CT molecular complexity index is 971. The van der Waals surface area contributed by atoms with Gasteiger partial charge in [0.2, 0.25) is 0 Å². The molecule has 1 aliphatic heterocycles. The van der Waals surface area contributed by atoms with Crippen molar-refractivity contribution < 1.29 is 8.78 Å². The zero-order valence-electron chi connectivity index (χ0n) is 16.1. The topological polar surface area (TPSA) is 55.5 Å². The van der Waals surface area contributed by atoms with Crippen molar-refractivity contribution in [3.05, 3.63) is 65.9 Å². The van der Waals surface area contributed by atoms with Crippen LogP contribution < -0.4 is 15.5 Å². The number of halogens is 3. The Labute approximate surface area is 185 Å². The summed E-state index contributed by atoms with van der Waals surface area (Å²) < 4.78 is 27.1. The van der Waals surface area contributed by atoms with Crippen molar-refractivity contribution in [2.45, 2.75) is 19.0 Å². The molecule has 4 rings (SSSR count). The number of nitrogens with one attached hydrogen (secondary N) is 3. The van der Waals surface area contributed by atoms with Gasteiger partial charge in [0.25, 0.3) is 0 Å². The highest BCUT2D eigenvalue weighted by molar-refractivity contribution is 14.0. The summed E-state index contributed by atoms with van der Waals surface area (Å²) in [7, 11) is 1.73. The second-order valence-electron chi connectivity index (χ2n) is 6.98. The van der Waals surface area contributed by atoms with Crippen LogP contribution >= 0.6 is 24.0 Å². The van der Waals surface area contributed by atoms with Crippen LogP contribution in [0.2, 0.25) is 0 Å². The first kappa shape index (κ1) is 21.4. The summed E-state index contributed by atoms with van der Waals surface area (Å²) in [6.45, 7) is 1.96. The molecule has 0 bridgehead atoms. The number of para-hydroxylation sites is 1. The molecule has 5 nitrogen and oxygen atoms in total. The van der Waals surface area contributed by atoms with Gasteiger partial charge in [0.15, 0.2) is 5.96 Å². The Hall–Kier alpha value is -2.36. The van der Waals surface area contributed by atoms with Gasteiger partial charge in [0.05, 0.1) is 12.2 Å². The molecule has 3 aromatic rings. The first-order chi connectivity index (χ1) is 13.6. The van der Waals surface area contributed by atoms with Crippen LogP contribution in [0.25, 0.3) is 10.9 Å². The fourth-order valence-electron chi connectivity index (χ4n) is 3.63. The zero-order chi connectivity index (χ0) is 19.5. The van der Waals surface area contributed by atoms with Gasteiger partial charge >= 0.3 is 0 Å². The van der Waals surface area contributed by atoms with Crippen molar-refractivity contribution in [1.29, 1.82) is 0 Å². The molecule has 2 heterocycles. The number of anilines is 1. The van der Waals surface area contributed by atoms with E-state index in [1.165, 1.54) is 17.5 Å². The van der Waals surface area contributed by atoms with Crippen LogP contribution in [-0.2, 0) is 6.54 Å². The molecule has 0 saturated carbocycles. The number of aromatic amines is 1. The molecule has 1 atom stereocenters. The molecule has 1 fully saturated rings. The molecule has 8 heteroatoms. The number of nitrogens with zero attached hydrogens (tertiary/aromatic N) is 2. The van der Waals surface area contributed by atoms with E-state index in [0.717, 1.165) is 23.7 Å². The summed E-state index contributed by atoms with van der Waals surface area (Å²) in [5.41, 5.74) is 2.62. The third-order valence-electron chi connectivity index (χ3n) is 5.04. The summed E-state index contributed by atoms with van der Waals surface area (Å²) in [5, 5.41) is 7.88. The average Bonchev–Trinajstić information content (AvgIpc) is 3.31. The Morgan fingerprint density at radius 1 is 1.21 bits per heavy atom. The Kier molecular flexibility index (Phi) is 6.94. The lowest BCUT2D eigenvalue weighted by atomic mass is 10.2. The fourth-order valence-corrected chi connectivity index (χ4v) is 3.63. The van der Waals surface area contributed by atoms with Gasteiger partial charge in [0, 0.05) is 43.5 Å². The Morgan fingerprint density at radius 3 is 2.79 bits per heavy atom. The second kappa shape index (κ2) is 9.43. The lowest BCUT2D eigenvalue weighted by Gasteiger charge is -2.20. The van der Waals surface area contributed by atoms with E-state index in [2.05, 4.69) is 32.7 Å². The summed E-state index contributed by atoms with van der Waals surface area (Å²) in [4.78, 5) is 9.60. The maximum atomic E-state index is 14.0. The van der Waals surface area contributed by atoms with Gasteiger partial charge in [-0.1, -0.05) is 18.2 Å². The SMILES string of the molecule is CN=C(NCc1cc2ccccc2[nH]1)NC1CCN(c2ccc(F)cc2F)C1.I. The maximum Gasteiger partial charge on any atom is 0.191 e. The summed E-state index contributed by atoms with van der Waals surface area (Å²) in [6.07, 6.45) is 0.851. The van der Waals surface area contributed by atoms with E-state index in [1.54, 1.807) is 7.05 Å². The van der Waals surface area contributed by atoms with E-state index >= 15 is 0 Å². The molecular weight excluding hydrogens is 487 g/mol. The third-order valence-corrected chi connectivity index (χ3v) is 5.04. The normalized spacial score (nSPS) is 16.7. The van der Waals surface area contributed by atoms with E-state index in [9.17, 15) is 8.78 Å². The van der Waals surface area contributed by atoms with Crippen molar-refractivity contribution in [2.24, 2.45) is 4.99 Å². The molecule has 1 aliphatic rings. The van der Waals surface area contributed by atoms with Gasteiger partial charge in [0.1, 0.15) is 11.6 Å². The van der Waals surface area contributed by atoms with Gasteiger partial charge in [-0.15, -0.1) is 24.0 Å². The molecule has 0 spiro atoms. The van der Waals surface area contributed by atoms with Crippen LogP contribution in [0.1, 0.15) is 12.1 Å². The van der Waals surface area contributed by atoms with Crippen LogP contribution in [0.15, 0.2) is 53.5 Å². The first-order valence-electron chi connectivity index (χ1n) is 9.36. The summed E-state index contributed by atoms with van der Waals surface area (Å²) in [6, 6.07) is 14.1. The molecule has 1 unspecified atom stereocenters. The minimum absolute atomic E-state index is 0. The predicted molar refractivity (Wildman–Crippen MR) is 124 cm³/mol. The van der Waals surface area contributed by atoms with Crippen LogP contribution in [0.3, 0.4) is 0 Å². The highest BCUT2D eigenvalue weighted by atomic mass is 127. The molecule has 0 amide bonds. The lowest BCUT2D eigenvalue weighted by Crippen LogP contribution is -2.44. The van der Waals surface area contributed by atoms with Gasteiger partial charge in [-0.25, -0.2) is 8.78 Å². The molecule has 2 aromatic carbocycles. The van der Waals surface area contributed by atoms with Crippen molar-refractivity contribution in [2.75, 3.05) is 25.0 Å². The summed E-state index contributed by atoms with van der Waals surface area (Å²) >= 11 is 0. The monoisotopic (exact) mass is 511 g/mol. The third kappa shape index (κ3) is 4.98. The zero-order valence-corrected chi connectivity index (χ0v) is 18.4. The van der Waals surface area contributed by atoms with Gasteiger partial charge < -0.3 is 20.5 Å². The number of aliphatic imine (C=N–C) groups is 1. The summed E-state index contributed by atoms with van der Waals surface area (Å²) in [5.74, 6) is -0.385. The Balaban J connectivity index is 0.00000240. The van der Waals surface area contributed by atoms with Gasteiger partial charge in [-0.2, -0.15) is 0 Å². The van der Waals surface area contributed by atoms with E-state index in [4.69, 9.17) is 0 Å². The number of rotatable bonds is 4. The number of guanidine groups is 1. The standard InChI is InChI=1S/C21H23F2N5.HI/c1-24-21(25-12-17-10-14-4-2-3-5-19(14)26-17)27-16-8-9-28(13-16)20-7-6-15(22)11-18(20)23;/h2-7,10-11,16,26H,8-9,12-13H2,1H3,(H2,24,25,27);1H. The van der Waals surface area contributed by atoms with Crippen molar-refractivity contribution in [3.8, 4) is 0 Å². The maximum absolute atomic E-state index is 14.0. The molecular formula is C21H24F2IN5. The number of hydrogen-bond acceptors (Lipinski definition) is 2. The quantitative estimate of drug-likeness (QED) is 0.282. The average molecular weight is 511 g/mol.